The van der Waals surface area contributed by atoms with E-state index in [2.05, 4.69) is 6.92 Å². The minimum Gasteiger partial charge on any atom is -0.378 e. The lowest BCUT2D eigenvalue weighted by molar-refractivity contribution is 0.102. The Morgan fingerprint density at radius 2 is 2.09 bits per heavy atom. The third kappa shape index (κ3) is 3.84. The molecule has 0 aliphatic carbocycles. The predicted octanol–water partition coefficient (Wildman–Crippen LogP) is 3.17. The zero-order valence-electron chi connectivity index (χ0n) is 6.32. The van der Waals surface area contributed by atoms with E-state index in [-0.39, 0.29) is 6.10 Å². The zero-order valence-corrected chi connectivity index (χ0v) is 8.59. The summed E-state index contributed by atoms with van der Waals surface area (Å²) < 4.78 is 4.23. The molecule has 1 aliphatic heterocycles. The van der Waals surface area contributed by atoms with Crippen LogP contribution in [0.2, 0.25) is 0 Å². The first-order chi connectivity index (χ1) is 4.97. The fraction of sp³-hybridized carbons (Fsp3) is 1.00. The smallest absolute Gasteiger partial charge is 0.193 e. The van der Waals surface area contributed by atoms with E-state index in [0.717, 1.165) is 13.0 Å². The summed E-state index contributed by atoms with van der Waals surface area (Å²) in [6.45, 7) is 2.93. The Morgan fingerprint density at radius 3 is 2.45 bits per heavy atom. The number of ether oxygens (including phenoxy) is 1. The van der Waals surface area contributed by atoms with E-state index >= 15 is 0 Å². The van der Waals surface area contributed by atoms with E-state index in [9.17, 15) is 0 Å². The quantitative estimate of drug-likeness (QED) is 0.613. The van der Waals surface area contributed by atoms with Gasteiger partial charge in [-0.05, 0) is 12.3 Å². The van der Waals surface area contributed by atoms with Crippen LogP contribution in [0.25, 0.3) is 0 Å². The van der Waals surface area contributed by atoms with E-state index in [1.54, 1.807) is 0 Å². The minimum atomic E-state index is -1.16. The summed E-state index contributed by atoms with van der Waals surface area (Å²) in [7, 11) is 0. The van der Waals surface area contributed by atoms with Crippen molar-refractivity contribution < 1.29 is 4.74 Å². The van der Waals surface area contributed by atoms with Gasteiger partial charge in [0.25, 0.3) is 0 Å². The van der Waals surface area contributed by atoms with Crippen LogP contribution in [-0.2, 0) is 4.74 Å². The standard InChI is InChI=1S/C7H11Cl3O/c1-5-2-6(11-4-5)3-7(8,9)10/h5-6H,2-4H2,1H3/t5-,6+/m0/s1. The van der Waals surface area contributed by atoms with Gasteiger partial charge < -0.3 is 4.74 Å². The van der Waals surface area contributed by atoms with Gasteiger partial charge in [0.05, 0.1) is 6.10 Å². The van der Waals surface area contributed by atoms with Crippen molar-refractivity contribution >= 4 is 34.8 Å². The van der Waals surface area contributed by atoms with Crippen LogP contribution in [0.5, 0.6) is 0 Å². The molecule has 0 amide bonds. The van der Waals surface area contributed by atoms with Crippen LogP contribution < -0.4 is 0 Å². The first-order valence-electron chi connectivity index (χ1n) is 3.66. The van der Waals surface area contributed by atoms with E-state index in [0.29, 0.717) is 12.3 Å². The molecular weight excluding hydrogens is 206 g/mol. The molecule has 1 heterocycles. The lowest BCUT2D eigenvalue weighted by atomic mass is 10.1. The second-order valence-corrected chi connectivity index (χ2v) is 5.63. The van der Waals surface area contributed by atoms with Gasteiger partial charge >= 0.3 is 0 Å². The van der Waals surface area contributed by atoms with Gasteiger partial charge in [-0.25, -0.2) is 0 Å². The Bertz CT molecular complexity index is 132. The van der Waals surface area contributed by atoms with Crippen LogP contribution in [0, 0.1) is 5.92 Å². The van der Waals surface area contributed by atoms with Gasteiger partial charge in [-0.2, -0.15) is 0 Å². The molecule has 0 saturated carbocycles. The van der Waals surface area contributed by atoms with Crippen LogP contribution in [0.1, 0.15) is 19.8 Å². The van der Waals surface area contributed by atoms with Crippen molar-refractivity contribution in [1.29, 1.82) is 0 Å². The van der Waals surface area contributed by atoms with Crippen molar-refractivity contribution in [1.82, 2.24) is 0 Å². The molecule has 11 heavy (non-hydrogen) atoms. The van der Waals surface area contributed by atoms with E-state index in [1.165, 1.54) is 0 Å². The number of alkyl halides is 3. The maximum absolute atomic E-state index is 5.61. The SMILES string of the molecule is C[C@@H]1CO[C@@H](CC(Cl)(Cl)Cl)C1. The summed E-state index contributed by atoms with van der Waals surface area (Å²) in [5.41, 5.74) is 0. The van der Waals surface area contributed by atoms with Gasteiger partial charge in [0.1, 0.15) is 0 Å². The highest BCUT2D eigenvalue weighted by Gasteiger charge is 2.30. The largest absolute Gasteiger partial charge is 0.378 e. The van der Waals surface area contributed by atoms with Crippen molar-refractivity contribution in [3.63, 3.8) is 0 Å². The molecular formula is C7H11Cl3O. The predicted molar refractivity (Wildman–Crippen MR) is 48.4 cm³/mol. The average Bonchev–Trinajstić information content (AvgIpc) is 2.10. The molecule has 0 aromatic rings. The summed E-state index contributed by atoms with van der Waals surface area (Å²) in [4.78, 5) is 0. The average molecular weight is 218 g/mol. The molecule has 1 nitrogen and oxygen atoms in total. The highest BCUT2D eigenvalue weighted by molar-refractivity contribution is 6.67. The first-order valence-corrected chi connectivity index (χ1v) is 4.79. The third-order valence-corrected chi connectivity index (χ3v) is 2.20. The van der Waals surface area contributed by atoms with Crippen LogP contribution in [-0.4, -0.2) is 16.5 Å². The van der Waals surface area contributed by atoms with Crippen molar-refractivity contribution in [3.05, 3.63) is 0 Å². The van der Waals surface area contributed by atoms with Crippen LogP contribution in [0.3, 0.4) is 0 Å². The zero-order chi connectivity index (χ0) is 8.48. The van der Waals surface area contributed by atoms with Gasteiger partial charge in [0.2, 0.25) is 0 Å². The summed E-state index contributed by atoms with van der Waals surface area (Å²) in [5.74, 6) is 0.604. The molecule has 1 rings (SSSR count). The molecule has 0 radical (unpaired) electrons. The summed E-state index contributed by atoms with van der Waals surface area (Å²) >= 11 is 16.8. The molecule has 66 valence electrons. The molecule has 0 aromatic heterocycles. The Kier molecular flexibility index (Phi) is 3.33. The van der Waals surface area contributed by atoms with E-state index < -0.39 is 3.79 Å². The molecule has 1 saturated heterocycles. The molecule has 2 atom stereocenters. The molecule has 1 fully saturated rings. The summed E-state index contributed by atoms with van der Waals surface area (Å²) in [5, 5.41) is 0. The summed E-state index contributed by atoms with van der Waals surface area (Å²) in [6, 6.07) is 0. The van der Waals surface area contributed by atoms with Gasteiger partial charge in [-0.1, -0.05) is 41.7 Å². The van der Waals surface area contributed by atoms with E-state index in [1.807, 2.05) is 0 Å². The Balaban J connectivity index is 2.29. The molecule has 0 N–H and O–H groups in total. The lowest BCUT2D eigenvalue weighted by Gasteiger charge is -2.15. The monoisotopic (exact) mass is 216 g/mol. The van der Waals surface area contributed by atoms with Gasteiger partial charge in [-0.3, -0.25) is 0 Å². The number of halogens is 3. The number of rotatable bonds is 1. The molecule has 0 spiro atoms. The molecule has 0 unspecified atom stereocenters. The molecule has 4 heteroatoms. The maximum atomic E-state index is 5.61. The van der Waals surface area contributed by atoms with Crippen molar-refractivity contribution in [2.24, 2.45) is 5.92 Å². The van der Waals surface area contributed by atoms with Gasteiger partial charge in [0, 0.05) is 13.0 Å². The van der Waals surface area contributed by atoms with Crippen molar-refractivity contribution in [3.8, 4) is 0 Å². The number of hydrogen-bond acceptors (Lipinski definition) is 1. The van der Waals surface area contributed by atoms with Crippen LogP contribution in [0.15, 0.2) is 0 Å². The molecule has 0 bridgehead atoms. The Labute approximate surface area is 81.9 Å². The minimum absolute atomic E-state index is 0.137. The topological polar surface area (TPSA) is 9.23 Å². The highest BCUT2D eigenvalue weighted by Crippen LogP contribution is 2.35. The summed E-state index contributed by atoms with van der Waals surface area (Å²) in [6.07, 6.45) is 1.65. The molecule has 0 aromatic carbocycles. The van der Waals surface area contributed by atoms with Crippen LogP contribution in [0.4, 0.5) is 0 Å². The third-order valence-electron chi connectivity index (χ3n) is 1.74. The fourth-order valence-corrected chi connectivity index (χ4v) is 1.80. The van der Waals surface area contributed by atoms with Crippen molar-refractivity contribution in [2.45, 2.75) is 29.7 Å². The first kappa shape index (κ1) is 9.91. The maximum Gasteiger partial charge on any atom is 0.193 e. The fourth-order valence-electron chi connectivity index (χ4n) is 1.29. The van der Waals surface area contributed by atoms with Gasteiger partial charge in [-0.15, -0.1) is 0 Å². The number of hydrogen-bond donors (Lipinski definition) is 0. The molecule has 1 aliphatic rings. The second-order valence-electron chi connectivity index (χ2n) is 3.12. The van der Waals surface area contributed by atoms with Crippen LogP contribution >= 0.6 is 34.8 Å². The van der Waals surface area contributed by atoms with E-state index in [4.69, 9.17) is 39.5 Å². The Hall–Kier alpha value is 0.830. The normalized spacial score (nSPS) is 32.7. The highest BCUT2D eigenvalue weighted by atomic mass is 35.6. The Morgan fingerprint density at radius 1 is 1.45 bits per heavy atom. The lowest BCUT2D eigenvalue weighted by Crippen LogP contribution is -2.15. The van der Waals surface area contributed by atoms with Gasteiger partial charge in [0.15, 0.2) is 3.79 Å². The van der Waals surface area contributed by atoms with Crippen molar-refractivity contribution in [2.75, 3.05) is 6.61 Å². The second kappa shape index (κ2) is 3.69.